The van der Waals surface area contributed by atoms with Crippen LogP contribution in [0.5, 0.6) is 0 Å². The average Bonchev–Trinajstić information content (AvgIpc) is 2.30. The van der Waals surface area contributed by atoms with Gasteiger partial charge in [0.05, 0.1) is 5.39 Å². The van der Waals surface area contributed by atoms with Crippen LogP contribution in [0.1, 0.15) is 6.42 Å². The van der Waals surface area contributed by atoms with Gasteiger partial charge in [-0.25, -0.2) is 4.98 Å². The molecular formula is C10H10N4O. The van der Waals surface area contributed by atoms with Crippen molar-refractivity contribution >= 4 is 17.0 Å². The minimum atomic E-state index is -0.00435. The molecule has 0 spiro atoms. The van der Waals surface area contributed by atoms with Crippen molar-refractivity contribution in [2.24, 2.45) is 0 Å². The second-order valence-electron chi connectivity index (χ2n) is 3.55. The molecule has 2 aromatic heterocycles. The molecule has 0 amide bonds. The fraction of sp³-hybridized carbons (Fsp3) is 0.300. The second-order valence-corrected chi connectivity index (χ2v) is 3.55. The molecule has 3 rings (SSSR count). The summed E-state index contributed by atoms with van der Waals surface area (Å²) >= 11 is 0. The van der Waals surface area contributed by atoms with Crippen LogP contribution in [-0.4, -0.2) is 21.1 Å². The third-order valence-electron chi connectivity index (χ3n) is 2.57. The van der Waals surface area contributed by atoms with Gasteiger partial charge < -0.3 is 5.32 Å². The van der Waals surface area contributed by atoms with Crippen LogP contribution in [0.25, 0.3) is 11.0 Å². The number of nitrogens with one attached hydrogen (secondary N) is 1. The van der Waals surface area contributed by atoms with E-state index in [9.17, 15) is 4.79 Å². The van der Waals surface area contributed by atoms with E-state index in [-0.39, 0.29) is 5.56 Å². The molecule has 1 aliphatic rings. The number of nitrogens with zero attached hydrogens (tertiary/aromatic N) is 3. The molecule has 0 saturated heterocycles. The zero-order valence-corrected chi connectivity index (χ0v) is 8.10. The first-order valence-corrected chi connectivity index (χ1v) is 4.96. The molecular weight excluding hydrogens is 192 g/mol. The lowest BCUT2D eigenvalue weighted by molar-refractivity contribution is 0.601. The van der Waals surface area contributed by atoms with Crippen LogP contribution in [0.2, 0.25) is 0 Å². The lowest BCUT2D eigenvalue weighted by atomic mass is 10.3. The summed E-state index contributed by atoms with van der Waals surface area (Å²) < 4.78 is 1.67. The molecule has 0 aromatic carbocycles. The summed E-state index contributed by atoms with van der Waals surface area (Å²) in [6, 6.07) is 3.52. The highest BCUT2D eigenvalue weighted by molar-refractivity contribution is 5.74. The first kappa shape index (κ1) is 8.40. The third kappa shape index (κ3) is 1.20. The number of hydrogen-bond donors (Lipinski definition) is 1. The smallest absolute Gasteiger partial charge is 0.264 e. The highest BCUT2D eigenvalue weighted by Gasteiger charge is 2.13. The molecule has 15 heavy (non-hydrogen) atoms. The van der Waals surface area contributed by atoms with Crippen molar-refractivity contribution in [3.05, 3.63) is 28.7 Å². The van der Waals surface area contributed by atoms with Crippen molar-refractivity contribution < 1.29 is 0 Å². The van der Waals surface area contributed by atoms with E-state index in [2.05, 4.69) is 15.3 Å². The van der Waals surface area contributed by atoms with Gasteiger partial charge in [0.25, 0.3) is 5.56 Å². The highest BCUT2D eigenvalue weighted by atomic mass is 16.1. The van der Waals surface area contributed by atoms with Crippen LogP contribution in [-0.2, 0) is 6.54 Å². The molecule has 0 bridgehead atoms. The molecule has 5 nitrogen and oxygen atoms in total. The summed E-state index contributed by atoms with van der Waals surface area (Å²) in [5.41, 5.74) is 0.512. The van der Waals surface area contributed by atoms with Gasteiger partial charge in [-0.15, -0.1) is 0 Å². The molecule has 0 saturated carbocycles. The van der Waals surface area contributed by atoms with Gasteiger partial charge in [-0.1, -0.05) is 0 Å². The fourth-order valence-electron chi connectivity index (χ4n) is 1.84. The van der Waals surface area contributed by atoms with Crippen LogP contribution in [0.15, 0.2) is 23.1 Å². The van der Waals surface area contributed by atoms with E-state index in [0.29, 0.717) is 17.0 Å². The van der Waals surface area contributed by atoms with Gasteiger partial charge in [-0.2, -0.15) is 4.98 Å². The number of fused-ring (bicyclic) bond motifs is 2. The van der Waals surface area contributed by atoms with Crippen LogP contribution >= 0.6 is 0 Å². The first-order chi connectivity index (χ1) is 7.36. The second kappa shape index (κ2) is 3.05. The standard InChI is InChI=1S/C10H10N4O/c15-9-7-3-1-4-11-8(7)13-10-12-5-2-6-14(9)10/h1,3-4H,2,5-6H2,(H,11,12,13). The molecule has 0 unspecified atom stereocenters. The number of rotatable bonds is 0. The Morgan fingerprint density at radius 2 is 2.40 bits per heavy atom. The Bertz CT molecular complexity index is 575. The van der Waals surface area contributed by atoms with E-state index in [1.54, 1.807) is 22.9 Å². The zero-order valence-electron chi connectivity index (χ0n) is 8.10. The molecule has 1 aliphatic heterocycles. The molecule has 76 valence electrons. The topological polar surface area (TPSA) is 59.8 Å². The van der Waals surface area contributed by atoms with Crippen LogP contribution < -0.4 is 10.9 Å². The first-order valence-electron chi connectivity index (χ1n) is 4.96. The summed E-state index contributed by atoms with van der Waals surface area (Å²) in [5.74, 6) is 0.637. The maximum atomic E-state index is 12.0. The highest BCUT2D eigenvalue weighted by Crippen LogP contribution is 2.12. The van der Waals surface area contributed by atoms with Crippen molar-refractivity contribution in [2.75, 3.05) is 11.9 Å². The molecule has 0 aliphatic carbocycles. The molecule has 0 atom stereocenters. The fourth-order valence-corrected chi connectivity index (χ4v) is 1.84. The van der Waals surface area contributed by atoms with Crippen LogP contribution in [0, 0.1) is 0 Å². The van der Waals surface area contributed by atoms with Gasteiger partial charge in [-0.3, -0.25) is 9.36 Å². The monoisotopic (exact) mass is 202 g/mol. The number of pyridine rings is 1. The minimum absolute atomic E-state index is 0.00435. The summed E-state index contributed by atoms with van der Waals surface area (Å²) in [4.78, 5) is 20.4. The SMILES string of the molecule is O=c1c2cccnc2nc2n1CCCN2. The predicted octanol–water partition coefficient (Wildman–Crippen LogP) is 0.607. The van der Waals surface area contributed by atoms with Crippen LogP contribution in [0.3, 0.4) is 0 Å². The molecule has 0 radical (unpaired) electrons. The summed E-state index contributed by atoms with van der Waals surface area (Å²) in [6.07, 6.45) is 2.61. The summed E-state index contributed by atoms with van der Waals surface area (Å²) in [6.45, 7) is 1.60. The van der Waals surface area contributed by atoms with E-state index in [1.165, 1.54) is 0 Å². The van der Waals surface area contributed by atoms with Crippen molar-refractivity contribution in [1.82, 2.24) is 14.5 Å². The molecule has 0 fully saturated rings. The quantitative estimate of drug-likeness (QED) is 0.679. The van der Waals surface area contributed by atoms with Gasteiger partial charge in [-0.05, 0) is 18.6 Å². The van der Waals surface area contributed by atoms with Crippen molar-refractivity contribution in [3.63, 3.8) is 0 Å². The molecule has 1 N–H and O–H groups in total. The number of aromatic nitrogens is 3. The Hall–Kier alpha value is -1.91. The zero-order chi connectivity index (χ0) is 10.3. The van der Waals surface area contributed by atoms with E-state index in [0.717, 1.165) is 19.5 Å². The average molecular weight is 202 g/mol. The van der Waals surface area contributed by atoms with E-state index in [4.69, 9.17) is 0 Å². The van der Waals surface area contributed by atoms with E-state index >= 15 is 0 Å². The Morgan fingerprint density at radius 1 is 1.47 bits per heavy atom. The minimum Gasteiger partial charge on any atom is -0.355 e. The lowest BCUT2D eigenvalue weighted by Gasteiger charge is -2.18. The Balaban J connectivity index is 2.41. The van der Waals surface area contributed by atoms with Gasteiger partial charge in [0.1, 0.15) is 0 Å². The van der Waals surface area contributed by atoms with Gasteiger partial charge in [0.2, 0.25) is 5.95 Å². The summed E-state index contributed by atoms with van der Waals surface area (Å²) in [5, 5.41) is 3.70. The van der Waals surface area contributed by atoms with Gasteiger partial charge in [0.15, 0.2) is 5.65 Å². The Morgan fingerprint density at radius 3 is 3.33 bits per heavy atom. The molecule has 3 heterocycles. The van der Waals surface area contributed by atoms with Crippen LogP contribution in [0.4, 0.5) is 5.95 Å². The van der Waals surface area contributed by atoms with Crippen molar-refractivity contribution in [1.29, 1.82) is 0 Å². The molecule has 5 heteroatoms. The third-order valence-corrected chi connectivity index (χ3v) is 2.57. The lowest BCUT2D eigenvalue weighted by Crippen LogP contribution is -2.30. The Labute approximate surface area is 85.8 Å². The largest absolute Gasteiger partial charge is 0.355 e. The summed E-state index contributed by atoms with van der Waals surface area (Å²) in [7, 11) is 0. The number of anilines is 1. The normalized spacial score (nSPS) is 14.7. The van der Waals surface area contributed by atoms with Crippen molar-refractivity contribution in [2.45, 2.75) is 13.0 Å². The Kier molecular flexibility index (Phi) is 1.71. The predicted molar refractivity (Wildman–Crippen MR) is 56.9 cm³/mol. The maximum Gasteiger partial charge on any atom is 0.264 e. The van der Waals surface area contributed by atoms with E-state index < -0.39 is 0 Å². The molecule has 2 aromatic rings. The van der Waals surface area contributed by atoms with Gasteiger partial charge in [0, 0.05) is 19.3 Å². The number of hydrogen-bond acceptors (Lipinski definition) is 4. The van der Waals surface area contributed by atoms with Crippen molar-refractivity contribution in [3.8, 4) is 0 Å². The van der Waals surface area contributed by atoms with E-state index in [1.807, 2.05) is 0 Å². The maximum absolute atomic E-state index is 12.0. The van der Waals surface area contributed by atoms with Gasteiger partial charge >= 0.3 is 0 Å².